The van der Waals surface area contributed by atoms with Crippen LogP contribution in [-0.4, -0.2) is 43.2 Å². The molecule has 0 bridgehead atoms. The molecule has 3 aromatic heterocycles. The van der Waals surface area contributed by atoms with E-state index >= 15 is 0 Å². The van der Waals surface area contributed by atoms with E-state index in [2.05, 4.69) is 35.8 Å². The third-order valence-corrected chi connectivity index (χ3v) is 4.93. The van der Waals surface area contributed by atoms with Gasteiger partial charge in [-0.2, -0.15) is 5.10 Å². The van der Waals surface area contributed by atoms with Gasteiger partial charge in [0.1, 0.15) is 12.0 Å². The summed E-state index contributed by atoms with van der Waals surface area (Å²) < 4.78 is 0. The zero-order valence-electron chi connectivity index (χ0n) is 16.4. The van der Waals surface area contributed by atoms with E-state index in [0.29, 0.717) is 40.2 Å². The second kappa shape index (κ2) is 9.58. The van der Waals surface area contributed by atoms with Crippen LogP contribution in [0.5, 0.6) is 0 Å². The van der Waals surface area contributed by atoms with Crippen LogP contribution in [0.25, 0.3) is 22.5 Å². The molecule has 0 spiro atoms. The second-order valence-electron chi connectivity index (χ2n) is 6.49. The Kier molecular flexibility index (Phi) is 6.43. The number of pyridine rings is 1. The summed E-state index contributed by atoms with van der Waals surface area (Å²) in [7, 11) is 0. The van der Waals surface area contributed by atoms with E-state index in [-0.39, 0.29) is 11.6 Å². The Balaban J connectivity index is 1.49. The molecule has 0 atom stereocenters. The maximum absolute atomic E-state index is 10.7. The molecule has 0 amide bonds. The molecule has 4 aromatic rings. The van der Waals surface area contributed by atoms with E-state index in [1.165, 1.54) is 18.3 Å². The Morgan fingerprint density at radius 2 is 1.97 bits per heavy atom. The Bertz CT molecular complexity index is 1230. The van der Waals surface area contributed by atoms with E-state index < -0.39 is 4.92 Å². The van der Waals surface area contributed by atoms with Crippen molar-refractivity contribution in [3.05, 3.63) is 75.1 Å². The molecule has 0 fully saturated rings. The van der Waals surface area contributed by atoms with Crippen molar-refractivity contribution in [3.8, 4) is 22.5 Å². The van der Waals surface area contributed by atoms with E-state index in [9.17, 15) is 10.1 Å². The number of nitrogens with one attached hydrogen (secondary N) is 2. The van der Waals surface area contributed by atoms with Crippen LogP contribution in [0.3, 0.4) is 0 Å². The van der Waals surface area contributed by atoms with Gasteiger partial charge in [0.2, 0.25) is 5.95 Å². The molecule has 0 unspecified atom stereocenters. The van der Waals surface area contributed by atoms with Crippen LogP contribution in [0, 0.1) is 10.1 Å². The lowest BCUT2D eigenvalue weighted by molar-refractivity contribution is -0.385. The summed E-state index contributed by atoms with van der Waals surface area (Å²) in [5.74, 6) is 0.794. The summed E-state index contributed by atoms with van der Waals surface area (Å²) in [5, 5.41) is 26.0. The Morgan fingerprint density at radius 1 is 1.09 bits per heavy atom. The second-order valence-corrected chi connectivity index (χ2v) is 7.34. The maximum Gasteiger partial charge on any atom is 0.287 e. The van der Waals surface area contributed by atoms with Gasteiger partial charge in [0.15, 0.2) is 0 Å². The number of benzene rings is 1. The molecule has 1 aromatic carbocycles. The van der Waals surface area contributed by atoms with Crippen LogP contribution in [-0.2, 0) is 0 Å². The number of H-pyrrole nitrogens is 1. The number of halogens is 2. The zero-order valence-corrected chi connectivity index (χ0v) is 17.9. The van der Waals surface area contributed by atoms with E-state index in [1.54, 1.807) is 30.6 Å². The van der Waals surface area contributed by atoms with Crippen molar-refractivity contribution in [2.75, 3.05) is 18.4 Å². The van der Waals surface area contributed by atoms with Crippen molar-refractivity contribution in [2.24, 2.45) is 0 Å². The molecule has 3 heterocycles. The number of rotatable bonds is 8. The van der Waals surface area contributed by atoms with Gasteiger partial charge in [-0.3, -0.25) is 15.2 Å². The maximum atomic E-state index is 10.7. The molecule has 0 aliphatic rings. The Labute approximate surface area is 192 Å². The van der Waals surface area contributed by atoms with Gasteiger partial charge in [0.25, 0.3) is 5.69 Å². The first-order chi connectivity index (χ1) is 15.5. The Morgan fingerprint density at radius 3 is 2.66 bits per heavy atom. The summed E-state index contributed by atoms with van der Waals surface area (Å²) in [6.07, 6.45) is 4.49. The molecule has 32 heavy (non-hydrogen) atoms. The van der Waals surface area contributed by atoms with Gasteiger partial charge in [-0.1, -0.05) is 23.2 Å². The molecule has 0 aliphatic heterocycles. The SMILES string of the molecule is O=[N+]([O-])c1ccc(NCC[N]c2ncc(-c3ccn[nH]3)c(-c3ccc(Cl)cc3Cl)n2)nc1. The lowest BCUT2D eigenvalue weighted by atomic mass is 10.1. The van der Waals surface area contributed by atoms with Crippen molar-refractivity contribution < 1.29 is 4.92 Å². The molecule has 161 valence electrons. The van der Waals surface area contributed by atoms with Crippen molar-refractivity contribution in [2.45, 2.75) is 0 Å². The summed E-state index contributed by atoms with van der Waals surface area (Å²) in [6, 6.07) is 9.90. The molecular formula is C20H15Cl2N8O2. The number of anilines is 1. The van der Waals surface area contributed by atoms with Gasteiger partial charge in [-0.05, 0) is 30.3 Å². The van der Waals surface area contributed by atoms with Gasteiger partial charge in [-0.15, -0.1) is 0 Å². The van der Waals surface area contributed by atoms with Crippen molar-refractivity contribution >= 4 is 40.7 Å². The highest BCUT2D eigenvalue weighted by molar-refractivity contribution is 6.36. The average Bonchev–Trinajstić information content (AvgIpc) is 3.32. The lowest BCUT2D eigenvalue weighted by Crippen LogP contribution is -2.15. The van der Waals surface area contributed by atoms with Gasteiger partial charge in [-0.25, -0.2) is 20.3 Å². The highest BCUT2D eigenvalue weighted by Crippen LogP contribution is 2.35. The lowest BCUT2D eigenvalue weighted by Gasteiger charge is -2.11. The minimum atomic E-state index is -0.499. The van der Waals surface area contributed by atoms with Gasteiger partial charge >= 0.3 is 0 Å². The quantitative estimate of drug-likeness (QED) is 0.220. The van der Waals surface area contributed by atoms with Gasteiger partial charge in [0.05, 0.1) is 27.9 Å². The Hall–Kier alpha value is -3.76. The number of nitrogens with zero attached hydrogens (tertiary/aromatic N) is 6. The topological polar surface area (TPSA) is 137 Å². The number of nitro groups is 1. The third-order valence-electron chi connectivity index (χ3n) is 4.38. The molecule has 2 N–H and O–H groups in total. The van der Waals surface area contributed by atoms with Crippen LogP contribution in [0.15, 0.2) is 55.0 Å². The summed E-state index contributed by atoms with van der Waals surface area (Å²) in [4.78, 5) is 23.1. The molecular weight excluding hydrogens is 455 g/mol. The molecule has 0 aliphatic carbocycles. The average molecular weight is 470 g/mol. The zero-order chi connectivity index (χ0) is 22.5. The van der Waals surface area contributed by atoms with Crippen LogP contribution in [0.1, 0.15) is 0 Å². The standard InChI is InChI=1S/C20H15Cl2N8O2/c21-12-1-3-14(16(22)9-12)19-15(17-5-6-27-29-17)11-26-20(28-19)24-8-7-23-18-4-2-13(10-25-18)30(31)32/h1-6,9-11H,7-8H2,(H,23,25)(H,27,29). The fourth-order valence-corrected chi connectivity index (χ4v) is 3.38. The number of aromatic amines is 1. The molecule has 0 saturated carbocycles. The predicted molar refractivity (Wildman–Crippen MR) is 121 cm³/mol. The van der Waals surface area contributed by atoms with E-state index in [4.69, 9.17) is 23.2 Å². The minimum absolute atomic E-state index is 0.0700. The predicted octanol–water partition coefficient (Wildman–Crippen LogP) is 4.49. The van der Waals surface area contributed by atoms with Crippen molar-refractivity contribution in [3.63, 3.8) is 0 Å². The highest BCUT2D eigenvalue weighted by Gasteiger charge is 2.16. The number of aromatic nitrogens is 5. The first-order valence-electron chi connectivity index (χ1n) is 9.35. The first kappa shape index (κ1) is 21.5. The normalized spacial score (nSPS) is 10.7. The van der Waals surface area contributed by atoms with Crippen LogP contribution >= 0.6 is 23.2 Å². The van der Waals surface area contributed by atoms with Crippen molar-refractivity contribution in [1.82, 2.24) is 30.5 Å². The van der Waals surface area contributed by atoms with E-state index in [0.717, 1.165) is 11.3 Å². The van der Waals surface area contributed by atoms with Crippen molar-refractivity contribution in [1.29, 1.82) is 0 Å². The van der Waals surface area contributed by atoms with Crippen LogP contribution < -0.4 is 10.6 Å². The number of hydrogen-bond donors (Lipinski definition) is 2. The molecule has 0 saturated heterocycles. The van der Waals surface area contributed by atoms with Gasteiger partial charge in [0, 0.05) is 41.2 Å². The monoisotopic (exact) mass is 469 g/mol. The molecule has 12 heteroatoms. The molecule has 1 radical (unpaired) electrons. The third kappa shape index (κ3) is 4.93. The highest BCUT2D eigenvalue weighted by atomic mass is 35.5. The van der Waals surface area contributed by atoms with Gasteiger partial charge < -0.3 is 5.32 Å². The van der Waals surface area contributed by atoms with Crippen LogP contribution in [0.4, 0.5) is 17.5 Å². The fraction of sp³-hybridized carbons (Fsp3) is 0.100. The number of hydrogen-bond acceptors (Lipinski definition) is 7. The first-order valence-corrected chi connectivity index (χ1v) is 10.1. The van der Waals surface area contributed by atoms with Crippen LogP contribution in [0.2, 0.25) is 10.0 Å². The molecule has 4 rings (SSSR count). The van der Waals surface area contributed by atoms with E-state index in [1.807, 2.05) is 6.07 Å². The minimum Gasteiger partial charge on any atom is -0.368 e. The molecule has 10 nitrogen and oxygen atoms in total. The smallest absolute Gasteiger partial charge is 0.287 e. The summed E-state index contributed by atoms with van der Waals surface area (Å²) >= 11 is 12.5. The summed E-state index contributed by atoms with van der Waals surface area (Å²) in [5.41, 5.74) is 2.67. The largest absolute Gasteiger partial charge is 0.368 e. The fourth-order valence-electron chi connectivity index (χ4n) is 2.88. The summed E-state index contributed by atoms with van der Waals surface area (Å²) in [6.45, 7) is 0.795.